The van der Waals surface area contributed by atoms with Crippen LogP contribution in [0.2, 0.25) is 0 Å². The second kappa shape index (κ2) is 7.74. The minimum atomic E-state index is -3.53. The molecule has 6 nitrogen and oxygen atoms in total. The first-order valence-electron chi connectivity index (χ1n) is 6.24. The summed E-state index contributed by atoms with van der Waals surface area (Å²) >= 11 is 0. The first-order valence-corrected chi connectivity index (χ1v) is 7.68. The number of nitrogens with zero attached hydrogens (tertiary/aromatic N) is 1. The lowest BCUT2D eigenvalue weighted by atomic mass is 10.1. The second-order valence-electron chi connectivity index (χ2n) is 4.79. The summed E-state index contributed by atoms with van der Waals surface area (Å²) in [6.45, 7) is 3.89. The van der Waals surface area contributed by atoms with Crippen molar-refractivity contribution >= 4 is 34.0 Å². The zero-order valence-corrected chi connectivity index (χ0v) is 14.3. The Morgan fingerprint density at radius 3 is 2.33 bits per heavy atom. The number of sulfonamides is 1. The Bertz CT molecular complexity index is 615. The highest BCUT2D eigenvalue weighted by Crippen LogP contribution is 2.25. The van der Waals surface area contributed by atoms with Gasteiger partial charge in [-0.05, 0) is 37.1 Å². The molecule has 0 radical (unpaired) electrons. The molecule has 0 atom stereocenters. The van der Waals surface area contributed by atoms with E-state index in [2.05, 4.69) is 5.32 Å². The number of hydrogen-bond donors (Lipinski definition) is 2. The van der Waals surface area contributed by atoms with Crippen LogP contribution in [0, 0.1) is 13.8 Å². The van der Waals surface area contributed by atoms with Crippen LogP contribution in [0.3, 0.4) is 0 Å². The number of carbonyl (C=O) groups excluding carboxylic acids is 1. The maximum atomic E-state index is 12.2. The highest BCUT2D eigenvalue weighted by atomic mass is 35.5. The zero-order chi connectivity index (χ0) is 15.5. The van der Waals surface area contributed by atoms with Gasteiger partial charge >= 0.3 is 0 Å². The van der Waals surface area contributed by atoms with Gasteiger partial charge in [0.25, 0.3) is 0 Å². The summed E-state index contributed by atoms with van der Waals surface area (Å²) in [7, 11) is -0.591. The SMILES string of the molecule is Cc1cc(S(=O)(=O)N(C)C)cc(NC(=O)CCN)c1C.Cl. The van der Waals surface area contributed by atoms with Gasteiger partial charge in [0.2, 0.25) is 15.9 Å². The molecule has 1 aromatic rings. The molecule has 0 aliphatic rings. The molecule has 0 aromatic heterocycles. The van der Waals surface area contributed by atoms with Gasteiger partial charge in [0.1, 0.15) is 0 Å². The number of anilines is 1. The van der Waals surface area contributed by atoms with E-state index in [0.29, 0.717) is 5.69 Å². The minimum Gasteiger partial charge on any atom is -0.330 e. The molecule has 0 bridgehead atoms. The number of nitrogens with one attached hydrogen (secondary N) is 1. The molecular formula is C13H22ClN3O3S. The molecule has 8 heteroatoms. The average molecular weight is 336 g/mol. The fourth-order valence-electron chi connectivity index (χ4n) is 1.66. The van der Waals surface area contributed by atoms with Crippen molar-refractivity contribution in [3.63, 3.8) is 0 Å². The lowest BCUT2D eigenvalue weighted by molar-refractivity contribution is -0.116. The summed E-state index contributed by atoms with van der Waals surface area (Å²) < 4.78 is 25.4. The van der Waals surface area contributed by atoms with E-state index in [0.717, 1.165) is 15.4 Å². The fraction of sp³-hybridized carbons (Fsp3) is 0.462. The maximum absolute atomic E-state index is 12.2. The van der Waals surface area contributed by atoms with Crippen molar-refractivity contribution in [1.29, 1.82) is 0 Å². The lowest BCUT2D eigenvalue weighted by Crippen LogP contribution is -2.23. The highest BCUT2D eigenvalue weighted by molar-refractivity contribution is 7.89. The molecule has 0 heterocycles. The molecule has 1 rings (SSSR count). The van der Waals surface area contributed by atoms with Crippen molar-refractivity contribution in [3.8, 4) is 0 Å². The smallest absolute Gasteiger partial charge is 0.242 e. The van der Waals surface area contributed by atoms with Gasteiger partial charge in [0.05, 0.1) is 4.90 Å². The summed E-state index contributed by atoms with van der Waals surface area (Å²) in [6, 6.07) is 3.08. The van der Waals surface area contributed by atoms with Crippen LogP contribution in [0.15, 0.2) is 17.0 Å². The maximum Gasteiger partial charge on any atom is 0.242 e. The number of halogens is 1. The topological polar surface area (TPSA) is 92.5 Å². The van der Waals surface area contributed by atoms with E-state index in [-0.39, 0.29) is 36.2 Å². The van der Waals surface area contributed by atoms with Crippen LogP contribution in [0.1, 0.15) is 17.5 Å². The first kappa shape index (κ1) is 19.9. The van der Waals surface area contributed by atoms with Gasteiger partial charge in [0.15, 0.2) is 0 Å². The number of carbonyl (C=O) groups is 1. The molecular weight excluding hydrogens is 314 g/mol. The van der Waals surface area contributed by atoms with Crippen molar-refractivity contribution in [2.75, 3.05) is 26.0 Å². The Labute approximate surface area is 132 Å². The summed E-state index contributed by atoms with van der Waals surface area (Å²) in [5.74, 6) is -0.227. The van der Waals surface area contributed by atoms with Crippen LogP contribution >= 0.6 is 12.4 Å². The quantitative estimate of drug-likeness (QED) is 0.847. The molecule has 0 saturated heterocycles. The molecule has 1 aromatic carbocycles. The third kappa shape index (κ3) is 4.67. The first-order chi connectivity index (χ1) is 9.20. The predicted molar refractivity (Wildman–Crippen MR) is 86.3 cm³/mol. The van der Waals surface area contributed by atoms with Crippen LogP contribution < -0.4 is 11.1 Å². The van der Waals surface area contributed by atoms with Crippen LogP contribution in [0.4, 0.5) is 5.69 Å². The minimum absolute atomic E-state index is 0. The molecule has 1 amide bonds. The number of benzene rings is 1. The normalized spacial score (nSPS) is 11.1. The largest absolute Gasteiger partial charge is 0.330 e. The molecule has 0 aliphatic heterocycles. The summed E-state index contributed by atoms with van der Waals surface area (Å²) in [5, 5.41) is 2.70. The van der Waals surface area contributed by atoms with Gasteiger partial charge in [-0.1, -0.05) is 0 Å². The van der Waals surface area contributed by atoms with Gasteiger partial charge in [0, 0.05) is 32.7 Å². The van der Waals surface area contributed by atoms with E-state index in [1.165, 1.54) is 20.2 Å². The monoisotopic (exact) mass is 335 g/mol. The molecule has 0 fully saturated rings. The Hall–Kier alpha value is -1.15. The molecule has 120 valence electrons. The zero-order valence-electron chi connectivity index (χ0n) is 12.6. The van der Waals surface area contributed by atoms with Gasteiger partial charge in [-0.25, -0.2) is 12.7 Å². The number of rotatable bonds is 5. The van der Waals surface area contributed by atoms with Gasteiger partial charge in [-0.2, -0.15) is 0 Å². The number of hydrogen-bond acceptors (Lipinski definition) is 4. The third-order valence-electron chi connectivity index (χ3n) is 3.06. The van der Waals surface area contributed by atoms with Crippen molar-refractivity contribution in [3.05, 3.63) is 23.3 Å². The molecule has 0 aliphatic carbocycles. The molecule has 3 N–H and O–H groups in total. The second-order valence-corrected chi connectivity index (χ2v) is 6.94. The number of amides is 1. The Morgan fingerprint density at radius 2 is 1.86 bits per heavy atom. The van der Waals surface area contributed by atoms with E-state index in [9.17, 15) is 13.2 Å². The number of aryl methyl sites for hydroxylation is 1. The molecule has 0 unspecified atom stereocenters. The van der Waals surface area contributed by atoms with E-state index < -0.39 is 10.0 Å². The number of nitrogens with two attached hydrogens (primary N) is 1. The van der Waals surface area contributed by atoms with E-state index in [1.807, 2.05) is 13.8 Å². The van der Waals surface area contributed by atoms with Crippen LogP contribution in [-0.2, 0) is 14.8 Å². The van der Waals surface area contributed by atoms with Crippen LogP contribution in [-0.4, -0.2) is 39.3 Å². The van der Waals surface area contributed by atoms with Crippen LogP contribution in [0.5, 0.6) is 0 Å². The van der Waals surface area contributed by atoms with Crippen molar-refractivity contribution in [2.24, 2.45) is 5.73 Å². The lowest BCUT2D eigenvalue weighted by Gasteiger charge is -2.16. The van der Waals surface area contributed by atoms with Crippen molar-refractivity contribution in [2.45, 2.75) is 25.2 Å². The summed E-state index contributed by atoms with van der Waals surface area (Å²) in [4.78, 5) is 11.8. The summed E-state index contributed by atoms with van der Waals surface area (Å²) in [6.07, 6.45) is 0.198. The fourth-order valence-corrected chi connectivity index (χ4v) is 2.67. The molecule has 0 spiro atoms. The summed E-state index contributed by atoms with van der Waals surface area (Å²) in [5.41, 5.74) is 7.47. The van der Waals surface area contributed by atoms with E-state index in [4.69, 9.17) is 5.73 Å². The highest BCUT2D eigenvalue weighted by Gasteiger charge is 2.20. The predicted octanol–water partition coefficient (Wildman–Crippen LogP) is 1.26. The van der Waals surface area contributed by atoms with Gasteiger partial charge < -0.3 is 11.1 Å². The Balaban J connectivity index is 0.00000400. The van der Waals surface area contributed by atoms with Crippen molar-refractivity contribution < 1.29 is 13.2 Å². The van der Waals surface area contributed by atoms with Gasteiger partial charge in [-0.15, -0.1) is 12.4 Å². The average Bonchev–Trinajstić information content (AvgIpc) is 2.34. The molecule has 0 saturated carbocycles. The third-order valence-corrected chi connectivity index (χ3v) is 4.86. The standard InChI is InChI=1S/C13H21N3O3S.ClH/c1-9-7-11(20(18,19)16(3)4)8-12(10(9)2)15-13(17)5-6-14;/h7-8H,5-6,14H2,1-4H3,(H,15,17);1H. The van der Waals surface area contributed by atoms with Crippen molar-refractivity contribution in [1.82, 2.24) is 4.31 Å². The molecule has 21 heavy (non-hydrogen) atoms. The van der Waals surface area contributed by atoms with Gasteiger partial charge in [-0.3, -0.25) is 4.79 Å². The Kier molecular flexibility index (Phi) is 7.32. The van der Waals surface area contributed by atoms with E-state index in [1.54, 1.807) is 6.07 Å². The van der Waals surface area contributed by atoms with Crippen LogP contribution in [0.25, 0.3) is 0 Å². The van der Waals surface area contributed by atoms with E-state index >= 15 is 0 Å². The Morgan fingerprint density at radius 1 is 1.29 bits per heavy atom.